The molecule has 4 aliphatic rings. The van der Waals surface area contributed by atoms with Crippen LogP contribution in [0.15, 0.2) is 73.1 Å². The Morgan fingerprint density at radius 3 is 2.39 bits per heavy atom. The summed E-state index contributed by atoms with van der Waals surface area (Å²) in [5.41, 5.74) is 0.102. The van der Waals surface area contributed by atoms with Crippen molar-refractivity contribution in [1.29, 1.82) is 0 Å². The van der Waals surface area contributed by atoms with Gasteiger partial charge >= 0.3 is 16.3 Å². The topological polar surface area (TPSA) is 215 Å². The molecule has 5 aromatic rings. The Labute approximate surface area is 406 Å². The molecule has 9 rings (SSSR count). The third-order valence-corrected chi connectivity index (χ3v) is 14.6. The molecule has 22 heteroatoms. The van der Waals surface area contributed by atoms with Crippen LogP contribution < -0.4 is 19.3 Å². The largest absolute Gasteiger partial charge is 0.491 e. The molecule has 0 bridgehead atoms. The Morgan fingerprint density at radius 1 is 0.958 bits per heavy atom. The average Bonchev–Trinajstić information content (AvgIpc) is 4.05. The van der Waals surface area contributed by atoms with Crippen LogP contribution in [0.1, 0.15) is 71.9 Å². The van der Waals surface area contributed by atoms with Gasteiger partial charge in [-0.05, 0) is 93.3 Å². The van der Waals surface area contributed by atoms with Crippen LogP contribution in [0.4, 0.5) is 29.3 Å². The number of halogens is 3. The van der Waals surface area contributed by atoms with E-state index < -0.39 is 81.3 Å². The number of piperazine rings is 1. The summed E-state index contributed by atoms with van der Waals surface area (Å²) in [4.78, 5) is 77.7. The summed E-state index contributed by atoms with van der Waals surface area (Å²) in [7, 11) is -4.97. The molecule has 374 valence electrons. The van der Waals surface area contributed by atoms with Crippen LogP contribution in [0.3, 0.4) is 0 Å². The molecule has 0 radical (unpaired) electrons. The van der Waals surface area contributed by atoms with Crippen LogP contribution in [0.2, 0.25) is 0 Å². The standard InChI is InChI=1S/C49H51F3N8O10S/c1-49(2,3)70-48(66)60(71(67,68)58-15-14-31(50)25-58)39-11-10-38(51)42(43(39)52)44(63)37-23-54-45-36(37)21-29(22-53-45)28-4-6-32(7-5-28)57-18-16-56(17-19-57)26-33(61)27-69-34-8-9-35-30(20-34)24-59(47(35)65)40-12-13-41(62)55-46(40)64/h4-11,20-23,31,33,40,61H,12-19,24-27H2,1-3H3,(H,53,54)(H,55,62,64)/t31-,33-,40?/m1/s1. The number of amides is 4. The number of hydrogen-bond acceptors (Lipinski definition) is 13. The number of alkyl halides is 1. The van der Waals surface area contributed by atoms with Crippen molar-refractivity contribution in [1.82, 2.24) is 29.4 Å². The van der Waals surface area contributed by atoms with Gasteiger partial charge in [-0.15, -0.1) is 0 Å². The van der Waals surface area contributed by atoms with E-state index in [1.807, 2.05) is 24.3 Å². The van der Waals surface area contributed by atoms with Crippen molar-refractivity contribution in [3.63, 3.8) is 0 Å². The van der Waals surface area contributed by atoms with Gasteiger partial charge < -0.3 is 29.4 Å². The van der Waals surface area contributed by atoms with E-state index in [2.05, 4.69) is 25.1 Å². The Balaban J connectivity index is 0.828. The molecule has 71 heavy (non-hydrogen) atoms. The number of pyridine rings is 1. The van der Waals surface area contributed by atoms with Crippen LogP contribution in [0.5, 0.6) is 5.75 Å². The number of aliphatic hydroxyl groups excluding tert-OH is 1. The number of benzene rings is 3. The highest BCUT2D eigenvalue weighted by Gasteiger charge is 2.44. The molecular weight excluding hydrogens is 950 g/mol. The normalized spacial score (nSPS) is 19.5. The van der Waals surface area contributed by atoms with Crippen molar-refractivity contribution in [2.75, 3.05) is 61.6 Å². The minimum Gasteiger partial charge on any atom is -0.491 e. The number of ketones is 1. The molecule has 18 nitrogen and oxygen atoms in total. The van der Waals surface area contributed by atoms with Crippen LogP contribution in [-0.4, -0.2) is 144 Å². The van der Waals surface area contributed by atoms with E-state index in [-0.39, 0.29) is 71.7 Å². The molecule has 1 unspecified atom stereocenters. The third-order valence-electron chi connectivity index (χ3n) is 12.8. The lowest BCUT2D eigenvalue weighted by molar-refractivity contribution is -0.136. The van der Waals surface area contributed by atoms with Gasteiger partial charge in [0.1, 0.15) is 53.4 Å². The molecular formula is C49H51F3N8O10S. The number of aromatic amines is 1. The van der Waals surface area contributed by atoms with Crippen LogP contribution in [-0.2, 0) is 31.1 Å². The number of fused-ring (bicyclic) bond motifs is 2. The molecule has 3 saturated heterocycles. The summed E-state index contributed by atoms with van der Waals surface area (Å²) >= 11 is 0. The predicted octanol–water partition coefficient (Wildman–Crippen LogP) is 5.09. The number of aliphatic hydroxyl groups is 1. The van der Waals surface area contributed by atoms with Gasteiger partial charge in [-0.2, -0.15) is 17.0 Å². The Hall–Kier alpha value is -6.88. The number of H-pyrrole nitrogens is 1. The fourth-order valence-electron chi connectivity index (χ4n) is 9.26. The van der Waals surface area contributed by atoms with Crippen LogP contribution in [0.25, 0.3) is 22.2 Å². The highest BCUT2D eigenvalue weighted by atomic mass is 32.2. The van der Waals surface area contributed by atoms with E-state index in [0.717, 1.165) is 11.3 Å². The maximum Gasteiger partial charge on any atom is 0.430 e. The number of aromatic nitrogens is 2. The number of anilines is 2. The number of nitrogens with zero attached hydrogens (tertiary/aromatic N) is 6. The van der Waals surface area contributed by atoms with E-state index in [1.54, 1.807) is 30.5 Å². The highest BCUT2D eigenvalue weighted by molar-refractivity contribution is 7.91. The van der Waals surface area contributed by atoms with Gasteiger partial charge in [0, 0.05) is 98.9 Å². The second-order valence-corrected chi connectivity index (χ2v) is 20.7. The summed E-state index contributed by atoms with van der Waals surface area (Å²) in [6.07, 6.45) is -0.786. The van der Waals surface area contributed by atoms with E-state index in [0.29, 0.717) is 71.6 Å². The first kappa shape index (κ1) is 49.1. The van der Waals surface area contributed by atoms with Gasteiger partial charge in [-0.25, -0.2) is 22.9 Å². The smallest absolute Gasteiger partial charge is 0.430 e. The Morgan fingerprint density at radius 2 is 1.70 bits per heavy atom. The second-order valence-electron chi connectivity index (χ2n) is 18.9. The van der Waals surface area contributed by atoms with E-state index in [9.17, 15) is 41.9 Å². The molecule has 4 aliphatic heterocycles. The van der Waals surface area contributed by atoms with Gasteiger partial charge in [0.05, 0.1) is 5.56 Å². The predicted molar refractivity (Wildman–Crippen MR) is 253 cm³/mol. The highest BCUT2D eigenvalue weighted by Crippen LogP contribution is 2.35. The quantitative estimate of drug-likeness (QED) is 0.104. The molecule has 4 amide bonds. The van der Waals surface area contributed by atoms with Crippen molar-refractivity contribution < 1.29 is 60.1 Å². The minimum atomic E-state index is -4.97. The van der Waals surface area contributed by atoms with Gasteiger partial charge in [-0.1, -0.05) is 12.1 Å². The second kappa shape index (κ2) is 19.4. The molecule has 6 heterocycles. The number of carbonyl (C=O) groups is 5. The number of rotatable bonds is 13. The Kier molecular flexibility index (Phi) is 13.4. The molecule has 3 aromatic carbocycles. The fraction of sp³-hybridized carbons (Fsp3) is 0.388. The monoisotopic (exact) mass is 1000 g/mol. The third kappa shape index (κ3) is 10.1. The van der Waals surface area contributed by atoms with Gasteiger partial charge in [0.2, 0.25) is 17.6 Å². The summed E-state index contributed by atoms with van der Waals surface area (Å²) in [5.74, 6) is -4.75. The Bertz CT molecular complexity index is 3050. The molecule has 0 saturated carbocycles. The van der Waals surface area contributed by atoms with Gasteiger partial charge in [0.15, 0.2) is 5.82 Å². The van der Waals surface area contributed by atoms with Crippen molar-refractivity contribution >= 4 is 62.2 Å². The summed E-state index contributed by atoms with van der Waals surface area (Å²) in [6.45, 7) is 6.74. The molecule has 3 atom stereocenters. The first-order valence-electron chi connectivity index (χ1n) is 23.1. The summed E-state index contributed by atoms with van der Waals surface area (Å²) < 4.78 is 85.8. The minimum absolute atomic E-state index is 0.00492. The van der Waals surface area contributed by atoms with Crippen LogP contribution >= 0.6 is 0 Å². The van der Waals surface area contributed by atoms with E-state index in [4.69, 9.17) is 9.47 Å². The number of piperidine rings is 1. The molecule has 0 spiro atoms. The SMILES string of the molecule is CC(C)(C)OC(=O)N(c1ccc(F)c(C(=O)c2c[nH]c3ncc(-c4ccc(N5CCN(C[C@@H](O)COc6ccc7c(c6)CN(C6CCC(=O)NC6=O)C7=O)CC5)cc4)cc23)c1F)S(=O)(=O)N1CC[C@@H](F)C1. The molecule has 2 aromatic heterocycles. The lowest BCUT2D eigenvalue weighted by atomic mass is 9.99. The zero-order valence-electron chi connectivity index (χ0n) is 39.0. The van der Waals surface area contributed by atoms with Crippen molar-refractivity contribution in [3.05, 3.63) is 107 Å². The van der Waals surface area contributed by atoms with Gasteiger partial charge in [0.25, 0.3) is 5.91 Å². The number of imide groups is 1. The van der Waals surface area contributed by atoms with Crippen molar-refractivity contribution in [2.45, 2.75) is 70.5 Å². The van der Waals surface area contributed by atoms with E-state index in [1.165, 1.54) is 31.9 Å². The maximum absolute atomic E-state index is 16.6. The maximum atomic E-state index is 16.6. The average molecular weight is 1000 g/mol. The van der Waals surface area contributed by atoms with Crippen molar-refractivity contribution in [3.8, 4) is 16.9 Å². The first-order chi connectivity index (χ1) is 33.7. The summed E-state index contributed by atoms with van der Waals surface area (Å²) in [6, 6.07) is 15.0. The molecule has 3 fully saturated rings. The van der Waals surface area contributed by atoms with E-state index >= 15 is 8.78 Å². The van der Waals surface area contributed by atoms with Crippen molar-refractivity contribution in [2.24, 2.45) is 0 Å². The first-order valence-corrected chi connectivity index (χ1v) is 24.5. The zero-order chi connectivity index (χ0) is 50.5. The lowest BCUT2D eigenvalue weighted by Crippen LogP contribution is -2.52. The van der Waals surface area contributed by atoms with Gasteiger partial charge in [-0.3, -0.25) is 29.4 Å². The molecule has 3 N–H and O–H groups in total. The van der Waals surface area contributed by atoms with Crippen LogP contribution in [0, 0.1) is 11.6 Å². The fourth-order valence-corrected chi connectivity index (χ4v) is 10.8. The summed E-state index contributed by atoms with van der Waals surface area (Å²) in [5, 5.41) is 13.4. The number of ether oxygens (including phenoxy) is 2. The zero-order valence-corrected chi connectivity index (χ0v) is 39.8. The number of β-amino-alcohol motifs (C(OH)–C–C–N with tert-alkyl or cyclic N) is 1. The lowest BCUT2D eigenvalue weighted by Gasteiger charge is -2.37. The number of hydrogen-bond donors (Lipinski definition) is 3. The number of carbonyl (C=O) groups excluding carboxylic acids is 5. The molecule has 0 aliphatic carbocycles. The number of nitrogens with one attached hydrogen (secondary N) is 2.